The van der Waals surface area contributed by atoms with Crippen LogP contribution in [0.3, 0.4) is 0 Å². The lowest BCUT2D eigenvalue weighted by molar-refractivity contribution is 0.174. The number of benzene rings is 1. The van der Waals surface area contributed by atoms with Crippen LogP contribution in [-0.4, -0.2) is 16.3 Å². The summed E-state index contributed by atoms with van der Waals surface area (Å²) in [6, 6.07) is 6.01. The third-order valence-corrected chi connectivity index (χ3v) is 4.12. The zero-order valence-electron chi connectivity index (χ0n) is 11.4. The Morgan fingerprint density at radius 2 is 2.15 bits per heavy atom. The number of fused-ring (bicyclic) bond motifs is 2. The number of imidazole rings is 1. The number of ether oxygens (including phenoxy) is 2. The van der Waals surface area contributed by atoms with Gasteiger partial charge in [0.2, 0.25) is 6.79 Å². The van der Waals surface area contributed by atoms with Crippen molar-refractivity contribution >= 4 is 0 Å². The summed E-state index contributed by atoms with van der Waals surface area (Å²) in [4.78, 5) is 4.77. The number of nitrogens with zero attached hydrogens (tertiary/aromatic N) is 2. The minimum atomic E-state index is 0.0465. The molecule has 1 aromatic carbocycles. The molecule has 5 heteroatoms. The zero-order chi connectivity index (χ0) is 13.7. The Hall–Kier alpha value is -2.01. The highest BCUT2D eigenvalue weighted by atomic mass is 16.7. The fourth-order valence-corrected chi connectivity index (χ4v) is 3.04. The van der Waals surface area contributed by atoms with Crippen LogP contribution >= 0.6 is 0 Å². The number of aromatic nitrogens is 2. The molecule has 0 spiro atoms. The first kappa shape index (κ1) is 11.8. The fourth-order valence-electron chi connectivity index (χ4n) is 3.04. The maximum absolute atomic E-state index is 6.17. The second-order valence-electron chi connectivity index (χ2n) is 5.37. The Bertz CT molecular complexity index is 678. The van der Waals surface area contributed by atoms with E-state index in [-0.39, 0.29) is 6.04 Å². The SMILES string of the molecule is Cc1c(-c2ccc3c(c2)OCO3)nc2n1CCCC2N. The van der Waals surface area contributed by atoms with Crippen molar-refractivity contribution in [3.8, 4) is 22.8 Å². The first-order chi connectivity index (χ1) is 9.74. The molecule has 5 nitrogen and oxygen atoms in total. The first-order valence-electron chi connectivity index (χ1n) is 6.96. The zero-order valence-corrected chi connectivity index (χ0v) is 11.4. The number of hydrogen-bond acceptors (Lipinski definition) is 4. The minimum absolute atomic E-state index is 0.0465. The minimum Gasteiger partial charge on any atom is -0.454 e. The molecule has 2 aromatic rings. The van der Waals surface area contributed by atoms with Crippen molar-refractivity contribution < 1.29 is 9.47 Å². The van der Waals surface area contributed by atoms with Crippen molar-refractivity contribution in [3.63, 3.8) is 0 Å². The molecule has 0 aliphatic carbocycles. The summed E-state index contributed by atoms with van der Waals surface area (Å²) in [6.45, 7) is 3.41. The highest BCUT2D eigenvalue weighted by Crippen LogP contribution is 2.37. The van der Waals surface area contributed by atoms with Gasteiger partial charge in [0.15, 0.2) is 11.5 Å². The van der Waals surface area contributed by atoms with Crippen molar-refractivity contribution in [2.45, 2.75) is 32.4 Å². The Morgan fingerprint density at radius 1 is 1.30 bits per heavy atom. The summed E-state index contributed by atoms with van der Waals surface area (Å²) in [5.74, 6) is 2.59. The topological polar surface area (TPSA) is 62.3 Å². The molecule has 2 N–H and O–H groups in total. The van der Waals surface area contributed by atoms with E-state index in [9.17, 15) is 0 Å². The normalized spacial score (nSPS) is 20.0. The van der Waals surface area contributed by atoms with Crippen LogP contribution in [0.25, 0.3) is 11.3 Å². The van der Waals surface area contributed by atoms with E-state index in [1.54, 1.807) is 0 Å². The summed E-state index contributed by atoms with van der Waals surface area (Å²) < 4.78 is 13.0. The van der Waals surface area contributed by atoms with Gasteiger partial charge in [-0.15, -0.1) is 0 Å². The molecule has 0 bridgehead atoms. The van der Waals surface area contributed by atoms with Gasteiger partial charge in [-0.3, -0.25) is 0 Å². The van der Waals surface area contributed by atoms with Crippen LogP contribution in [0.15, 0.2) is 18.2 Å². The summed E-state index contributed by atoms with van der Waals surface area (Å²) in [6.07, 6.45) is 2.13. The van der Waals surface area contributed by atoms with E-state index in [0.29, 0.717) is 6.79 Å². The van der Waals surface area contributed by atoms with Crippen LogP contribution in [0.2, 0.25) is 0 Å². The number of rotatable bonds is 1. The molecule has 104 valence electrons. The smallest absolute Gasteiger partial charge is 0.231 e. The van der Waals surface area contributed by atoms with Crippen LogP contribution in [0, 0.1) is 6.92 Å². The van der Waals surface area contributed by atoms with E-state index in [0.717, 1.165) is 48.0 Å². The van der Waals surface area contributed by atoms with E-state index >= 15 is 0 Å². The Morgan fingerprint density at radius 3 is 3.00 bits per heavy atom. The molecule has 0 fully saturated rings. The second-order valence-corrected chi connectivity index (χ2v) is 5.37. The van der Waals surface area contributed by atoms with Gasteiger partial charge < -0.3 is 19.8 Å². The number of nitrogens with two attached hydrogens (primary N) is 1. The van der Waals surface area contributed by atoms with Crippen LogP contribution in [-0.2, 0) is 6.54 Å². The van der Waals surface area contributed by atoms with Crippen molar-refractivity contribution in [3.05, 3.63) is 29.7 Å². The maximum Gasteiger partial charge on any atom is 0.231 e. The molecule has 0 saturated carbocycles. The molecule has 4 rings (SSSR count). The average Bonchev–Trinajstić information content (AvgIpc) is 3.04. The van der Waals surface area contributed by atoms with Crippen molar-refractivity contribution in [1.29, 1.82) is 0 Å². The molecule has 3 heterocycles. The van der Waals surface area contributed by atoms with E-state index in [2.05, 4.69) is 11.5 Å². The third kappa shape index (κ3) is 1.63. The highest BCUT2D eigenvalue weighted by Gasteiger charge is 2.24. The first-order valence-corrected chi connectivity index (χ1v) is 6.96. The van der Waals surface area contributed by atoms with E-state index < -0.39 is 0 Å². The summed E-state index contributed by atoms with van der Waals surface area (Å²) >= 11 is 0. The molecular formula is C15H17N3O2. The fraction of sp³-hybridized carbons (Fsp3) is 0.400. The Balaban J connectivity index is 1.83. The summed E-state index contributed by atoms with van der Waals surface area (Å²) in [5, 5.41) is 0. The predicted octanol–water partition coefficient (Wildman–Crippen LogP) is 2.38. The van der Waals surface area contributed by atoms with Crippen molar-refractivity contribution in [2.24, 2.45) is 5.73 Å². The van der Waals surface area contributed by atoms with Crippen molar-refractivity contribution in [2.75, 3.05) is 6.79 Å². The van der Waals surface area contributed by atoms with Gasteiger partial charge in [-0.2, -0.15) is 0 Å². The summed E-state index contributed by atoms with van der Waals surface area (Å²) in [7, 11) is 0. The lowest BCUT2D eigenvalue weighted by Gasteiger charge is -2.20. The summed E-state index contributed by atoms with van der Waals surface area (Å²) in [5.41, 5.74) is 9.40. The quantitative estimate of drug-likeness (QED) is 0.865. The molecule has 0 saturated heterocycles. The monoisotopic (exact) mass is 271 g/mol. The molecular weight excluding hydrogens is 254 g/mol. The predicted molar refractivity (Wildman–Crippen MR) is 74.7 cm³/mol. The molecule has 20 heavy (non-hydrogen) atoms. The molecule has 2 aliphatic rings. The molecule has 1 atom stereocenters. The van der Waals surface area contributed by atoms with Crippen LogP contribution in [0.4, 0.5) is 0 Å². The lowest BCUT2D eigenvalue weighted by Crippen LogP contribution is -2.22. The Labute approximate surface area is 117 Å². The third-order valence-electron chi connectivity index (χ3n) is 4.12. The molecule has 2 aliphatic heterocycles. The molecule has 1 aromatic heterocycles. The van der Waals surface area contributed by atoms with Gasteiger partial charge in [0.25, 0.3) is 0 Å². The Kier molecular flexibility index (Phi) is 2.50. The lowest BCUT2D eigenvalue weighted by atomic mass is 10.1. The van der Waals surface area contributed by atoms with E-state index in [1.807, 2.05) is 18.2 Å². The van der Waals surface area contributed by atoms with Gasteiger partial charge in [-0.25, -0.2) is 4.98 Å². The van der Waals surface area contributed by atoms with Gasteiger partial charge in [-0.05, 0) is 38.0 Å². The van der Waals surface area contributed by atoms with Gasteiger partial charge in [-0.1, -0.05) is 0 Å². The molecule has 0 radical (unpaired) electrons. The highest BCUT2D eigenvalue weighted by molar-refractivity contribution is 5.66. The maximum atomic E-state index is 6.17. The molecule has 0 amide bonds. The van der Waals surface area contributed by atoms with E-state index in [4.69, 9.17) is 20.2 Å². The average molecular weight is 271 g/mol. The van der Waals surface area contributed by atoms with Gasteiger partial charge in [0.1, 0.15) is 5.82 Å². The number of hydrogen-bond donors (Lipinski definition) is 1. The van der Waals surface area contributed by atoms with Crippen LogP contribution < -0.4 is 15.2 Å². The second kappa shape index (κ2) is 4.24. The standard InChI is InChI=1S/C15H17N3O2/c1-9-14(17-15-11(16)3-2-6-18(9)15)10-4-5-12-13(7-10)20-8-19-12/h4-5,7,11H,2-3,6,8,16H2,1H3. The van der Waals surface area contributed by atoms with Crippen LogP contribution in [0.1, 0.15) is 30.4 Å². The van der Waals surface area contributed by atoms with E-state index in [1.165, 1.54) is 5.69 Å². The van der Waals surface area contributed by atoms with Crippen molar-refractivity contribution in [1.82, 2.24) is 9.55 Å². The van der Waals surface area contributed by atoms with Gasteiger partial charge in [0, 0.05) is 17.8 Å². The molecule has 1 unspecified atom stereocenters. The largest absolute Gasteiger partial charge is 0.454 e. The van der Waals surface area contributed by atoms with Gasteiger partial charge >= 0.3 is 0 Å². The van der Waals surface area contributed by atoms with Crippen LogP contribution in [0.5, 0.6) is 11.5 Å². The van der Waals surface area contributed by atoms with Gasteiger partial charge in [0.05, 0.1) is 11.7 Å².